The molecule has 1 rings (SSSR count). The Balaban J connectivity index is 2.74. The molecule has 0 spiro atoms. The van der Waals surface area contributed by atoms with E-state index in [-0.39, 0.29) is 0 Å². The molecule has 1 heteroatoms. The summed E-state index contributed by atoms with van der Waals surface area (Å²) in [4.78, 5) is 10.0. The molecule has 0 aromatic heterocycles. The van der Waals surface area contributed by atoms with Crippen molar-refractivity contribution in [3.63, 3.8) is 0 Å². The first-order valence-corrected chi connectivity index (χ1v) is 4.41. The van der Waals surface area contributed by atoms with E-state index in [1.54, 1.807) is 0 Å². The van der Waals surface area contributed by atoms with E-state index in [4.69, 9.17) is 0 Å². The summed E-state index contributed by atoms with van der Waals surface area (Å²) in [5.41, 5.74) is 5.43. The zero-order valence-corrected chi connectivity index (χ0v) is 7.47. The van der Waals surface area contributed by atoms with Gasteiger partial charge in [-0.2, -0.15) is 0 Å². The van der Waals surface area contributed by atoms with E-state index in [1.165, 1.54) is 30.9 Å². The summed E-state index contributed by atoms with van der Waals surface area (Å²) in [6.07, 6.45) is 9.35. The van der Waals surface area contributed by atoms with Gasteiger partial charge < -0.3 is 0 Å². The van der Waals surface area contributed by atoms with E-state index < -0.39 is 0 Å². The van der Waals surface area contributed by atoms with Gasteiger partial charge in [-0.25, -0.2) is 0 Å². The summed E-state index contributed by atoms with van der Waals surface area (Å²) in [6.45, 7) is 2.01. The van der Waals surface area contributed by atoms with Crippen molar-refractivity contribution >= 4 is 6.29 Å². The summed E-state index contributed by atoms with van der Waals surface area (Å²) < 4.78 is 0. The van der Waals surface area contributed by atoms with Crippen LogP contribution in [0.2, 0.25) is 0 Å². The maximum atomic E-state index is 10.0. The van der Waals surface area contributed by atoms with Crippen molar-refractivity contribution in [3.8, 4) is 0 Å². The summed E-state index contributed by atoms with van der Waals surface area (Å²) in [7, 11) is 0. The maximum Gasteiger partial charge on any atom is 0.150 e. The molecule has 1 nitrogen and oxygen atoms in total. The summed E-state index contributed by atoms with van der Waals surface area (Å²) in [6, 6.07) is 0. The van der Waals surface area contributed by atoms with Crippen LogP contribution in [-0.2, 0) is 4.79 Å². The van der Waals surface area contributed by atoms with Crippen LogP contribution in [0.4, 0.5) is 0 Å². The molecular weight excluding hydrogens is 148 g/mol. The van der Waals surface area contributed by atoms with Crippen molar-refractivity contribution in [2.45, 2.75) is 32.6 Å². The number of carbonyl (C=O) groups is 1. The average Bonchev–Trinajstić information content (AvgIpc) is 2.15. The molecule has 12 heavy (non-hydrogen) atoms. The molecule has 0 heterocycles. The van der Waals surface area contributed by atoms with Gasteiger partial charge in [0.2, 0.25) is 0 Å². The first kappa shape index (κ1) is 9.02. The van der Waals surface area contributed by atoms with E-state index in [1.807, 2.05) is 6.92 Å². The number of rotatable bonds is 2. The van der Waals surface area contributed by atoms with Gasteiger partial charge in [-0.05, 0) is 43.8 Å². The van der Waals surface area contributed by atoms with Gasteiger partial charge in [0.15, 0.2) is 6.29 Å². The monoisotopic (exact) mass is 162 g/mol. The van der Waals surface area contributed by atoms with Gasteiger partial charge in [-0.1, -0.05) is 6.08 Å². The average molecular weight is 162 g/mol. The summed E-state index contributed by atoms with van der Waals surface area (Å²) in [5, 5.41) is 0. The largest absolute Gasteiger partial charge is 0.298 e. The zero-order valence-electron chi connectivity index (χ0n) is 7.47. The molecule has 0 aromatic rings. The molecule has 0 radical (unpaired) electrons. The third kappa shape index (κ3) is 2.52. The SMILES string of the molecule is CC(=C=CC=O)C1=CCCCC1. The molecule has 0 bridgehead atoms. The first-order valence-electron chi connectivity index (χ1n) is 4.41. The molecule has 0 aromatic carbocycles. The van der Waals surface area contributed by atoms with Crippen molar-refractivity contribution in [1.82, 2.24) is 0 Å². The van der Waals surface area contributed by atoms with Crippen molar-refractivity contribution < 1.29 is 4.79 Å². The van der Waals surface area contributed by atoms with Crippen LogP contribution in [-0.4, -0.2) is 6.29 Å². The Kier molecular flexibility index (Phi) is 3.56. The number of aldehydes is 1. The van der Waals surface area contributed by atoms with Crippen LogP contribution < -0.4 is 0 Å². The first-order chi connectivity index (χ1) is 5.84. The zero-order chi connectivity index (χ0) is 8.81. The second-order valence-corrected chi connectivity index (χ2v) is 3.05. The molecule has 0 N–H and O–H groups in total. The van der Waals surface area contributed by atoms with Crippen LogP contribution in [0.25, 0.3) is 0 Å². The van der Waals surface area contributed by atoms with Gasteiger partial charge in [0, 0.05) is 6.08 Å². The van der Waals surface area contributed by atoms with Crippen molar-refractivity contribution in [2.24, 2.45) is 0 Å². The Morgan fingerprint density at radius 2 is 2.42 bits per heavy atom. The fourth-order valence-corrected chi connectivity index (χ4v) is 1.43. The Morgan fingerprint density at radius 1 is 1.58 bits per heavy atom. The van der Waals surface area contributed by atoms with Gasteiger partial charge in [-0.3, -0.25) is 4.79 Å². The molecule has 1 aliphatic carbocycles. The Bertz CT molecular complexity index is 252. The lowest BCUT2D eigenvalue weighted by atomic mass is 9.95. The molecule has 0 saturated carbocycles. The number of allylic oxidation sites excluding steroid dienone is 3. The minimum atomic E-state index is 0.771. The highest BCUT2D eigenvalue weighted by Gasteiger charge is 2.03. The van der Waals surface area contributed by atoms with E-state index in [2.05, 4.69) is 11.8 Å². The second-order valence-electron chi connectivity index (χ2n) is 3.05. The van der Waals surface area contributed by atoms with Crippen LogP contribution in [0.5, 0.6) is 0 Å². The normalized spacial score (nSPS) is 15.9. The van der Waals surface area contributed by atoms with Crippen LogP contribution >= 0.6 is 0 Å². The lowest BCUT2D eigenvalue weighted by Crippen LogP contribution is -1.92. The Morgan fingerprint density at radius 3 is 3.00 bits per heavy atom. The predicted molar refractivity (Wildman–Crippen MR) is 49.9 cm³/mol. The highest BCUT2D eigenvalue weighted by molar-refractivity contribution is 5.64. The third-order valence-corrected chi connectivity index (χ3v) is 2.14. The van der Waals surface area contributed by atoms with Crippen LogP contribution in [0.3, 0.4) is 0 Å². The van der Waals surface area contributed by atoms with E-state index in [0.29, 0.717) is 0 Å². The fourth-order valence-electron chi connectivity index (χ4n) is 1.43. The highest BCUT2D eigenvalue weighted by atomic mass is 16.1. The molecule has 0 amide bonds. The van der Waals surface area contributed by atoms with Crippen LogP contribution in [0.15, 0.2) is 29.0 Å². The van der Waals surface area contributed by atoms with Crippen LogP contribution in [0, 0.1) is 0 Å². The molecule has 64 valence electrons. The Labute approximate surface area is 73.5 Å². The van der Waals surface area contributed by atoms with Crippen LogP contribution in [0.1, 0.15) is 32.6 Å². The fraction of sp³-hybridized carbons (Fsp3) is 0.455. The quantitative estimate of drug-likeness (QED) is 0.346. The lowest BCUT2D eigenvalue weighted by Gasteiger charge is -2.10. The van der Waals surface area contributed by atoms with Gasteiger partial charge in [-0.15, -0.1) is 5.73 Å². The molecule has 1 aliphatic rings. The van der Waals surface area contributed by atoms with Gasteiger partial charge in [0.1, 0.15) is 0 Å². The maximum absolute atomic E-state index is 10.0. The second kappa shape index (κ2) is 4.74. The van der Waals surface area contributed by atoms with Crippen molar-refractivity contribution in [3.05, 3.63) is 29.0 Å². The molecule has 0 atom stereocenters. The summed E-state index contributed by atoms with van der Waals surface area (Å²) in [5.74, 6) is 0. The third-order valence-electron chi connectivity index (χ3n) is 2.14. The predicted octanol–water partition coefficient (Wildman–Crippen LogP) is 2.79. The van der Waals surface area contributed by atoms with Gasteiger partial charge in [0.25, 0.3) is 0 Å². The van der Waals surface area contributed by atoms with E-state index >= 15 is 0 Å². The summed E-state index contributed by atoms with van der Waals surface area (Å²) >= 11 is 0. The molecular formula is C11H14O. The Hall–Kier alpha value is -1.07. The number of hydrogen-bond acceptors (Lipinski definition) is 1. The van der Waals surface area contributed by atoms with Gasteiger partial charge >= 0.3 is 0 Å². The number of hydrogen-bond donors (Lipinski definition) is 0. The van der Waals surface area contributed by atoms with E-state index in [9.17, 15) is 4.79 Å². The smallest absolute Gasteiger partial charge is 0.150 e. The molecule has 0 unspecified atom stereocenters. The standard InChI is InChI=1S/C11H14O/c1-10(6-5-9-12)11-7-3-2-4-8-11/h5,7,9H,2-4,8H2,1H3. The molecule has 0 fully saturated rings. The van der Waals surface area contributed by atoms with Gasteiger partial charge in [0.05, 0.1) is 0 Å². The topological polar surface area (TPSA) is 17.1 Å². The highest BCUT2D eigenvalue weighted by Crippen LogP contribution is 2.22. The number of carbonyl (C=O) groups excluding carboxylic acids is 1. The van der Waals surface area contributed by atoms with E-state index in [0.717, 1.165) is 18.3 Å². The molecule has 0 aliphatic heterocycles. The molecule has 0 saturated heterocycles. The minimum absolute atomic E-state index is 0.771. The van der Waals surface area contributed by atoms with Crippen molar-refractivity contribution in [1.29, 1.82) is 0 Å². The lowest BCUT2D eigenvalue weighted by molar-refractivity contribution is -0.104. The minimum Gasteiger partial charge on any atom is -0.298 e. The van der Waals surface area contributed by atoms with Crippen molar-refractivity contribution in [2.75, 3.05) is 0 Å².